The summed E-state index contributed by atoms with van der Waals surface area (Å²) in [6.45, 7) is 7.72. The quantitative estimate of drug-likeness (QED) is 0.899. The van der Waals surface area contributed by atoms with Crippen molar-refractivity contribution in [1.29, 1.82) is 0 Å². The van der Waals surface area contributed by atoms with E-state index in [0.717, 1.165) is 23.6 Å². The number of hydrogen-bond donors (Lipinski definition) is 1. The highest BCUT2D eigenvalue weighted by molar-refractivity contribution is 5.19. The molecule has 18 heavy (non-hydrogen) atoms. The third-order valence-electron chi connectivity index (χ3n) is 2.93. The number of imidazole rings is 1. The average Bonchev–Trinajstić information content (AvgIpc) is 2.76. The number of hydrogen-bond acceptors (Lipinski definition) is 3. The molecule has 2 heterocycles. The number of nitrogens with zero attached hydrogens (tertiary/aromatic N) is 3. The lowest BCUT2D eigenvalue weighted by molar-refractivity contribution is 0.567. The van der Waals surface area contributed by atoms with E-state index in [1.807, 2.05) is 17.0 Å². The van der Waals surface area contributed by atoms with E-state index in [9.17, 15) is 0 Å². The van der Waals surface area contributed by atoms with Gasteiger partial charge in [0.1, 0.15) is 5.82 Å². The molecule has 0 aliphatic carbocycles. The van der Waals surface area contributed by atoms with Crippen LogP contribution in [-0.4, -0.2) is 14.5 Å². The molecule has 0 aromatic carbocycles. The molecule has 2 N–H and O–H groups in total. The fraction of sp³-hybridized carbons (Fsp3) is 0.429. The summed E-state index contributed by atoms with van der Waals surface area (Å²) in [5, 5.41) is 0. The summed E-state index contributed by atoms with van der Waals surface area (Å²) in [6, 6.07) is 4.21. The van der Waals surface area contributed by atoms with Crippen LogP contribution >= 0.6 is 0 Å². The standard InChI is InChI=1S/C14H20N4/c1-14(2,3)12-5-4-11(9-17-12)10-18-7-6-16-13(18)8-15/h4-7,9H,8,10,15H2,1-3H3. The van der Waals surface area contributed by atoms with Crippen LogP contribution < -0.4 is 5.73 Å². The number of rotatable bonds is 3. The summed E-state index contributed by atoms with van der Waals surface area (Å²) >= 11 is 0. The summed E-state index contributed by atoms with van der Waals surface area (Å²) < 4.78 is 2.05. The Hall–Kier alpha value is -1.68. The SMILES string of the molecule is CC(C)(C)c1ccc(Cn2ccnc2CN)cn1. The predicted molar refractivity (Wildman–Crippen MR) is 72.2 cm³/mol. The van der Waals surface area contributed by atoms with Crippen LogP contribution in [0.4, 0.5) is 0 Å². The van der Waals surface area contributed by atoms with Crippen molar-refractivity contribution in [2.45, 2.75) is 39.3 Å². The zero-order valence-electron chi connectivity index (χ0n) is 11.2. The Morgan fingerprint density at radius 3 is 2.56 bits per heavy atom. The molecule has 0 spiro atoms. The Labute approximate surface area is 108 Å². The summed E-state index contributed by atoms with van der Waals surface area (Å²) in [4.78, 5) is 8.73. The second kappa shape index (κ2) is 4.90. The van der Waals surface area contributed by atoms with Crippen molar-refractivity contribution in [2.75, 3.05) is 0 Å². The van der Waals surface area contributed by atoms with Crippen LogP contribution in [0, 0.1) is 0 Å². The van der Waals surface area contributed by atoms with Gasteiger partial charge in [0.25, 0.3) is 0 Å². The van der Waals surface area contributed by atoms with Crippen molar-refractivity contribution in [3.63, 3.8) is 0 Å². The number of nitrogens with two attached hydrogens (primary N) is 1. The van der Waals surface area contributed by atoms with Crippen LogP contribution in [0.3, 0.4) is 0 Å². The number of pyridine rings is 1. The van der Waals surface area contributed by atoms with Crippen LogP contribution in [0.5, 0.6) is 0 Å². The highest BCUT2D eigenvalue weighted by Crippen LogP contribution is 2.19. The van der Waals surface area contributed by atoms with Gasteiger partial charge in [-0.25, -0.2) is 4.98 Å². The van der Waals surface area contributed by atoms with Crippen molar-refractivity contribution in [2.24, 2.45) is 5.73 Å². The summed E-state index contributed by atoms with van der Waals surface area (Å²) in [5.41, 5.74) is 7.99. The minimum absolute atomic E-state index is 0.0932. The minimum atomic E-state index is 0.0932. The van der Waals surface area contributed by atoms with Crippen molar-refractivity contribution in [3.05, 3.63) is 47.8 Å². The van der Waals surface area contributed by atoms with Gasteiger partial charge in [-0.2, -0.15) is 0 Å². The maximum Gasteiger partial charge on any atom is 0.122 e. The molecule has 0 unspecified atom stereocenters. The molecule has 0 aliphatic rings. The first-order chi connectivity index (χ1) is 8.50. The summed E-state index contributed by atoms with van der Waals surface area (Å²) in [6.07, 6.45) is 5.65. The molecule has 2 aromatic rings. The van der Waals surface area contributed by atoms with E-state index >= 15 is 0 Å². The van der Waals surface area contributed by atoms with E-state index in [2.05, 4.69) is 42.9 Å². The maximum absolute atomic E-state index is 5.63. The molecule has 0 saturated heterocycles. The predicted octanol–water partition coefficient (Wildman–Crippen LogP) is 2.08. The minimum Gasteiger partial charge on any atom is -0.329 e. The van der Waals surface area contributed by atoms with Gasteiger partial charge in [0.15, 0.2) is 0 Å². The zero-order valence-corrected chi connectivity index (χ0v) is 11.2. The molecule has 0 atom stereocenters. The van der Waals surface area contributed by atoms with Gasteiger partial charge >= 0.3 is 0 Å². The van der Waals surface area contributed by atoms with Gasteiger partial charge in [-0.3, -0.25) is 4.98 Å². The molecule has 0 radical (unpaired) electrons. The van der Waals surface area contributed by atoms with E-state index < -0.39 is 0 Å². The van der Waals surface area contributed by atoms with Crippen molar-refractivity contribution in [1.82, 2.24) is 14.5 Å². The van der Waals surface area contributed by atoms with Gasteiger partial charge in [-0.05, 0) is 11.6 Å². The maximum atomic E-state index is 5.63. The second-order valence-corrected chi connectivity index (χ2v) is 5.48. The van der Waals surface area contributed by atoms with Crippen LogP contribution in [0.2, 0.25) is 0 Å². The monoisotopic (exact) mass is 244 g/mol. The van der Waals surface area contributed by atoms with E-state index in [4.69, 9.17) is 5.73 Å². The van der Waals surface area contributed by atoms with Gasteiger partial charge in [0, 0.05) is 29.7 Å². The Bertz CT molecular complexity index is 505. The molecule has 0 fully saturated rings. The topological polar surface area (TPSA) is 56.7 Å². The van der Waals surface area contributed by atoms with Gasteiger partial charge in [-0.15, -0.1) is 0 Å². The van der Waals surface area contributed by atoms with Gasteiger partial charge in [-0.1, -0.05) is 26.8 Å². The van der Waals surface area contributed by atoms with Gasteiger partial charge in [0.05, 0.1) is 13.1 Å². The molecule has 0 amide bonds. The average molecular weight is 244 g/mol. The molecule has 2 rings (SSSR count). The van der Waals surface area contributed by atoms with Crippen LogP contribution in [0.15, 0.2) is 30.7 Å². The van der Waals surface area contributed by atoms with Crippen molar-refractivity contribution < 1.29 is 0 Å². The lowest BCUT2D eigenvalue weighted by atomic mass is 9.91. The third kappa shape index (κ3) is 2.76. The molecule has 4 nitrogen and oxygen atoms in total. The Morgan fingerprint density at radius 2 is 2.00 bits per heavy atom. The molecule has 0 aliphatic heterocycles. The molecular formula is C14H20N4. The first-order valence-electron chi connectivity index (χ1n) is 6.16. The van der Waals surface area contributed by atoms with E-state index in [0.29, 0.717) is 6.54 Å². The van der Waals surface area contributed by atoms with E-state index in [1.165, 1.54) is 0 Å². The Morgan fingerprint density at radius 1 is 1.22 bits per heavy atom. The summed E-state index contributed by atoms with van der Waals surface area (Å²) in [5.74, 6) is 0.898. The molecule has 2 aromatic heterocycles. The normalized spacial score (nSPS) is 11.8. The first-order valence-corrected chi connectivity index (χ1v) is 6.16. The van der Waals surface area contributed by atoms with E-state index in [1.54, 1.807) is 6.20 Å². The molecule has 0 bridgehead atoms. The molecule has 4 heteroatoms. The molecule has 0 saturated carbocycles. The fourth-order valence-electron chi connectivity index (χ4n) is 1.83. The molecule has 96 valence electrons. The van der Waals surface area contributed by atoms with Crippen LogP contribution in [0.25, 0.3) is 0 Å². The lowest BCUT2D eigenvalue weighted by Crippen LogP contribution is -2.14. The first kappa shape index (κ1) is 12.8. The van der Waals surface area contributed by atoms with Crippen molar-refractivity contribution >= 4 is 0 Å². The second-order valence-electron chi connectivity index (χ2n) is 5.48. The number of aromatic nitrogens is 3. The smallest absolute Gasteiger partial charge is 0.122 e. The largest absolute Gasteiger partial charge is 0.329 e. The third-order valence-corrected chi connectivity index (χ3v) is 2.93. The zero-order chi connectivity index (χ0) is 13.2. The fourth-order valence-corrected chi connectivity index (χ4v) is 1.83. The Kier molecular flexibility index (Phi) is 3.48. The van der Waals surface area contributed by atoms with Gasteiger partial charge in [0.2, 0.25) is 0 Å². The summed E-state index contributed by atoms with van der Waals surface area (Å²) in [7, 11) is 0. The van der Waals surface area contributed by atoms with Crippen LogP contribution in [-0.2, 0) is 18.5 Å². The lowest BCUT2D eigenvalue weighted by Gasteiger charge is -2.17. The highest BCUT2D eigenvalue weighted by atomic mass is 15.1. The Balaban J connectivity index is 2.16. The highest BCUT2D eigenvalue weighted by Gasteiger charge is 2.14. The van der Waals surface area contributed by atoms with E-state index in [-0.39, 0.29) is 5.41 Å². The van der Waals surface area contributed by atoms with Gasteiger partial charge < -0.3 is 10.3 Å². The van der Waals surface area contributed by atoms with Crippen molar-refractivity contribution in [3.8, 4) is 0 Å². The van der Waals surface area contributed by atoms with Crippen LogP contribution in [0.1, 0.15) is 37.9 Å². The molecular weight excluding hydrogens is 224 g/mol.